The minimum atomic E-state index is -4.48. The number of halogens is 3. The molecule has 1 fully saturated rings. The summed E-state index contributed by atoms with van der Waals surface area (Å²) < 4.78 is 66.0. The van der Waals surface area contributed by atoms with Crippen molar-refractivity contribution in [3.8, 4) is 17.3 Å². The lowest BCUT2D eigenvalue weighted by Gasteiger charge is -2.24. The number of pyridine rings is 1. The van der Waals surface area contributed by atoms with Gasteiger partial charge in [0.05, 0.1) is 46.1 Å². The number of hydrogen-bond donors (Lipinski definition) is 2. The first-order valence-electron chi connectivity index (χ1n) is 13.7. The number of nitrogens with one attached hydrogen (secondary N) is 2. The molecule has 2 aromatic carbocycles. The Morgan fingerprint density at radius 1 is 1.07 bits per heavy atom. The van der Waals surface area contributed by atoms with Gasteiger partial charge < -0.3 is 15.2 Å². The summed E-state index contributed by atoms with van der Waals surface area (Å²) in [7, 11) is -3.06. The van der Waals surface area contributed by atoms with Crippen molar-refractivity contribution in [2.75, 3.05) is 22.1 Å². The van der Waals surface area contributed by atoms with Crippen molar-refractivity contribution >= 4 is 38.0 Å². The van der Waals surface area contributed by atoms with E-state index in [-0.39, 0.29) is 17.5 Å². The van der Waals surface area contributed by atoms with Gasteiger partial charge in [-0.3, -0.25) is 9.78 Å². The zero-order valence-corrected chi connectivity index (χ0v) is 24.4. The number of sulfone groups is 1. The van der Waals surface area contributed by atoms with Gasteiger partial charge in [-0.15, -0.1) is 0 Å². The van der Waals surface area contributed by atoms with Crippen LogP contribution >= 0.6 is 0 Å². The van der Waals surface area contributed by atoms with Gasteiger partial charge in [-0.05, 0) is 74.7 Å². The predicted molar refractivity (Wildman–Crippen MR) is 160 cm³/mol. The van der Waals surface area contributed by atoms with Crippen LogP contribution in [0.15, 0.2) is 66.9 Å². The van der Waals surface area contributed by atoms with Crippen molar-refractivity contribution in [3.05, 3.63) is 78.1 Å². The Kier molecular flexibility index (Phi) is 7.96. The fourth-order valence-electron chi connectivity index (χ4n) is 5.14. The molecule has 1 amide bonds. The second-order valence-electron chi connectivity index (χ2n) is 11.2. The third kappa shape index (κ3) is 6.83. The third-order valence-electron chi connectivity index (χ3n) is 7.58. The molecule has 1 aliphatic heterocycles. The first-order valence-corrected chi connectivity index (χ1v) is 15.5. The minimum absolute atomic E-state index is 0.0715. The van der Waals surface area contributed by atoms with Crippen LogP contribution in [0.5, 0.6) is 0 Å². The largest absolute Gasteiger partial charge is 0.406 e. The second kappa shape index (κ2) is 11.4. The van der Waals surface area contributed by atoms with E-state index in [1.54, 1.807) is 74.5 Å². The normalized spacial score (nSPS) is 15.6. The molecule has 43 heavy (non-hydrogen) atoms. The molecular formula is C31H30F3N5O3S. The third-order valence-corrected chi connectivity index (χ3v) is 9.30. The van der Waals surface area contributed by atoms with Gasteiger partial charge in [0.25, 0.3) is 5.91 Å². The van der Waals surface area contributed by atoms with Crippen LogP contribution < -0.4 is 10.6 Å². The standard InChI is InChI=1S/C31H30F3N5O3S/c1-30(2,18-35)28-11-10-23(17-36-28)38-29(40)21-8-6-20(7-9-21)27-16-24-25(37-22-12-14-43(41,42)15-13-22)4-3-5-26(24)39(27)19-31(32,33)34/h3-11,16-17,22,37H,12-15,19H2,1-2H3,(H,38,40). The van der Waals surface area contributed by atoms with Gasteiger partial charge in [0.2, 0.25) is 0 Å². The van der Waals surface area contributed by atoms with Crippen molar-refractivity contribution in [2.24, 2.45) is 0 Å². The Morgan fingerprint density at radius 3 is 2.37 bits per heavy atom. The van der Waals surface area contributed by atoms with E-state index in [2.05, 4.69) is 21.7 Å². The van der Waals surface area contributed by atoms with Crippen molar-refractivity contribution in [3.63, 3.8) is 0 Å². The number of nitrogens with zero attached hydrogens (tertiary/aromatic N) is 3. The highest BCUT2D eigenvalue weighted by atomic mass is 32.2. The number of carbonyl (C=O) groups excluding carboxylic acids is 1. The molecule has 224 valence electrons. The average molecular weight is 610 g/mol. The number of amides is 1. The number of benzene rings is 2. The maximum atomic E-state index is 13.7. The van der Waals surface area contributed by atoms with E-state index < -0.39 is 33.9 Å². The summed E-state index contributed by atoms with van der Waals surface area (Å²) in [5, 5.41) is 16.0. The first kappa shape index (κ1) is 30.1. The lowest BCUT2D eigenvalue weighted by Crippen LogP contribution is -2.32. The Labute approximate surface area is 247 Å². The molecule has 2 aromatic heterocycles. The molecule has 3 heterocycles. The van der Waals surface area contributed by atoms with E-state index in [1.165, 1.54) is 10.8 Å². The van der Waals surface area contributed by atoms with Crippen molar-refractivity contribution in [2.45, 2.75) is 50.9 Å². The van der Waals surface area contributed by atoms with E-state index >= 15 is 0 Å². The molecule has 2 N–H and O–H groups in total. The fraction of sp³-hybridized carbons (Fsp3) is 0.323. The van der Waals surface area contributed by atoms with Gasteiger partial charge in [0, 0.05) is 28.4 Å². The van der Waals surface area contributed by atoms with Crippen LogP contribution in [0.1, 0.15) is 42.7 Å². The zero-order valence-electron chi connectivity index (χ0n) is 23.6. The van der Waals surface area contributed by atoms with Crippen LogP contribution in [0.2, 0.25) is 0 Å². The Hall–Kier alpha value is -4.37. The van der Waals surface area contributed by atoms with Crippen LogP contribution in [0.4, 0.5) is 24.5 Å². The lowest BCUT2D eigenvalue weighted by atomic mass is 9.91. The number of rotatable bonds is 7. The molecular weight excluding hydrogens is 579 g/mol. The molecule has 0 unspecified atom stereocenters. The summed E-state index contributed by atoms with van der Waals surface area (Å²) in [6.07, 6.45) is -2.16. The average Bonchev–Trinajstić information content (AvgIpc) is 3.32. The molecule has 1 saturated heterocycles. The number of alkyl halides is 3. The molecule has 0 spiro atoms. The summed E-state index contributed by atoms with van der Waals surface area (Å²) >= 11 is 0. The molecule has 0 saturated carbocycles. The van der Waals surface area contributed by atoms with Gasteiger partial charge in [0.15, 0.2) is 0 Å². The number of nitriles is 1. The van der Waals surface area contributed by atoms with E-state index in [1.807, 2.05) is 0 Å². The molecule has 5 rings (SSSR count). The number of fused-ring (bicyclic) bond motifs is 1. The van der Waals surface area contributed by atoms with Gasteiger partial charge in [-0.2, -0.15) is 18.4 Å². The van der Waals surface area contributed by atoms with Crippen LogP contribution in [-0.2, 0) is 21.8 Å². The smallest absolute Gasteiger partial charge is 0.382 e. The van der Waals surface area contributed by atoms with Gasteiger partial charge in [0.1, 0.15) is 16.4 Å². The fourth-order valence-corrected chi connectivity index (χ4v) is 6.64. The van der Waals surface area contributed by atoms with E-state index in [9.17, 15) is 31.6 Å². The molecule has 0 atom stereocenters. The molecule has 4 aromatic rings. The molecule has 8 nitrogen and oxygen atoms in total. The zero-order chi connectivity index (χ0) is 31.0. The maximum absolute atomic E-state index is 13.7. The highest BCUT2D eigenvalue weighted by molar-refractivity contribution is 7.91. The second-order valence-corrected chi connectivity index (χ2v) is 13.5. The monoisotopic (exact) mass is 609 g/mol. The van der Waals surface area contributed by atoms with Gasteiger partial charge in [-0.25, -0.2) is 8.42 Å². The van der Waals surface area contributed by atoms with Crippen LogP contribution in [-0.4, -0.2) is 47.6 Å². The predicted octanol–water partition coefficient (Wildman–Crippen LogP) is 6.31. The quantitative estimate of drug-likeness (QED) is 0.254. The molecule has 0 bridgehead atoms. The summed E-state index contributed by atoms with van der Waals surface area (Å²) in [6, 6.07) is 18.5. The Morgan fingerprint density at radius 2 is 1.77 bits per heavy atom. The maximum Gasteiger partial charge on any atom is 0.406 e. The highest BCUT2D eigenvalue weighted by Gasteiger charge is 2.31. The van der Waals surface area contributed by atoms with Crippen molar-refractivity contribution < 1.29 is 26.4 Å². The van der Waals surface area contributed by atoms with E-state index in [0.29, 0.717) is 57.6 Å². The number of carbonyl (C=O) groups is 1. The number of hydrogen-bond acceptors (Lipinski definition) is 6. The SMILES string of the molecule is CC(C)(C#N)c1ccc(NC(=O)c2ccc(-c3cc4c(NC5CCS(=O)(=O)CC5)cccc4n3CC(F)(F)F)cc2)cn1. The topological polar surface area (TPSA) is 117 Å². The molecule has 12 heteroatoms. The van der Waals surface area contributed by atoms with Crippen LogP contribution in [0.3, 0.4) is 0 Å². The van der Waals surface area contributed by atoms with E-state index in [4.69, 9.17) is 0 Å². The van der Waals surface area contributed by atoms with Crippen molar-refractivity contribution in [1.82, 2.24) is 9.55 Å². The van der Waals surface area contributed by atoms with Gasteiger partial charge >= 0.3 is 6.18 Å². The van der Waals surface area contributed by atoms with Gasteiger partial charge in [-0.1, -0.05) is 18.2 Å². The number of anilines is 2. The van der Waals surface area contributed by atoms with Crippen molar-refractivity contribution in [1.29, 1.82) is 5.26 Å². The first-order chi connectivity index (χ1) is 20.2. The molecule has 1 aliphatic rings. The highest BCUT2D eigenvalue weighted by Crippen LogP contribution is 2.36. The van der Waals surface area contributed by atoms with Crippen LogP contribution in [0.25, 0.3) is 22.2 Å². The Balaban J connectivity index is 1.41. The lowest BCUT2D eigenvalue weighted by molar-refractivity contribution is -0.139. The molecule has 0 aliphatic carbocycles. The minimum Gasteiger partial charge on any atom is -0.382 e. The number of aromatic nitrogens is 2. The summed E-state index contributed by atoms with van der Waals surface area (Å²) in [6.45, 7) is 2.28. The molecule has 0 radical (unpaired) electrons. The summed E-state index contributed by atoms with van der Waals surface area (Å²) in [5.74, 6) is -0.276. The summed E-state index contributed by atoms with van der Waals surface area (Å²) in [4.78, 5) is 17.1. The van der Waals surface area contributed by atoms with E-state index in [0.717, 1.165) is 0 Å². The van der Waals surface area contributed by atoms with Crippen LogP contribution in [0, 0.1) is 11.3 Å². The Bertz CT molecular complexity index is 1790. The summed E-state index contributed by atoms with van der Waals surface area (Å²) in [5.41, 5.74) is 2.39.